The summed E-state index contributed by atoms with van der Waals surface area (Å²) >= 11 is 0. The third kappa shape index (κ3) is 3.28. The van der Waals surface area contributed by atoms with Gasteiger partial charge in [0.2, 0.25) is 0 Å². The van der Waals surface area contributed by atoms with Crippen molar-refractivity contribution < 1.29 is 14.3 Å². The maximum atomic E-state index is 12.9. The van der Waals surface area contributed by atoms with Gasteiger partial charge in [-0.05, 0) is 43.0 Å². The summed E-state index contributed by atoms with van der Waals surface area (Å²) in [5.41, 5.74) is 4.03. The molecule has 3 aromatic rings. The third-order valence-electron chi connectivity index (χ3n) is 4.97. The number of rotatable bonds is 4. The maximum absolute atomic E-state index is 12.9. The van der Waals surface area contributed by atoms with Crippen molar-refractivity contribution in [3.05, 3.63) is 71.4 Å². The van der Waals surface area contributed by atoms with Gasteiger partial charge in [0.25, 0.3) is 5.91 Å². The Hall–Kier alpha value is -3.21. The number of aryl methyl sites for hydroxylation is 1. The molecule has 1 amide bonds. The van der Waals surface area contributed by atoms with Crippen LogP contribution in [0.3, 0.4) is 0 Å². The smallest absolute Gasteiger partial charge is 0.339 e. The van der Waals surface area contributed by atoms with Crippen LogP contribution in [0.2, 0.25) is 0 Å². The van der Waals surface area contributed by atoms with Gasteiger partial charge in [-0.3, -0.25) is 9.78 Å². The highest BCUT2D eigenvalue weighted by Gasteiger charge is 2.25. The molecule has 1 aliphatic rings. The van der Waals surface area contributed by atoms with Crippen LogP contribution in [0, 0.1) is 0 Å². The Labute approximate surface area is 157 Å². The van der Waals surface area contributed by atoms with Crippen LogP contribution in [0.25, 0.3) is 10.9 Å². The summed E-state index contributed by atoms with van der Waals surface area (Å²) in [6, 6.07) is 16.9. The minimum atomic E-state index is -0.457. The molecule has 0 bridgehead atoms. The number of carbonyl (C=O) groups excluding carboxylic acids is 2. The topological polar surface area (TPSA) is 59.5 Å². The van der Waals surface area contributed by atoms with Gasteiger partial charge in [0.1, 0.15) is 0 Å². The Balaban J connectivity index is 1.56. The molecule has 0 spiro atoms. The van der Waals surface area contributed by atoms with E-state index >= 15 is 0 Å². The molecule has 2 aromatic carbocycles. The molecular formula is C22H20N2O3. The number of fused-ring (bicyclic) bond motifs is 2. The fraction of sp³-hybridized carbons (Fsp3) is 0.227. The predicted molar refractivity (Wildman–Crippen MR) is 104 cm³/mol. The molecule has 1 aromatic heterocycles. The molecule has 0 unspecified atom stereocenters. The summed E-state index contributed by atoms with van der Waals surface area (Å²) in [4.78, 5) is 31.4. The van der Waals surface area contributed by atoms with E-state index in [0.717, 1.165) is 47.1 Å². The quantitative estimate of drug-likeness (QED) is 0.668. The fourth-order valence-corrected chi connectivity index (χ4v) is 3.54. The van der Waals surface area contributed by atoms with Crippen LogP contribution in [-0.2, 0) is 22.4 Å². The lowest BCUT2D eigenvalue weighted by Crippen LogP contribution is -2.31. The summed E-state index contributed by atoms with van der Waals surface area (Å²) in [5, 5.41) is 0.784. The first-order chi connectivity index (χ1) is 13.1. The monoisotopic (exact) mass is 360 g/mol. The number of nitrogens with zero attached hydrogens (tertiary/aromatic N) is 2. The molecule has 0 fully saturated rings. The van der Waals surface area contributed by atoms with Crippen LogP contribution in [0.5, 0.6) is 0 Å². The Morgan fingerprint density at radius 3 is 2.59 bits per heavy atom. The summed E-state index contributed by atoms with van der Waals surface area (Å²) < 4.78 is 5.41. The molecule has 0 aliphatic heterocycles. The van der Waals surface area contributed by atoms with Crippen LogP contribution >= 0.6 is 0 Å². The van der Waals surface area contributed by atoms with E-state index in [1.807, 2.05) is 54.6 Å². The molecule has 1 heterocycles. The molecule has 5 heteroatoms. The molecule has 0 radical (unpaired) electrons. The van der Waals surface area contributed by atoms with Gasteiger partial charge in [0.15, 0.2) is 6.61 Å². The zero-order valence-electron chi connectivity index (χ0n) is 15.1. The van der Waals surface area contributed by atoms with Gasteiger partial charge in [-0.2, -0.15) is 0 Å². The molecule has 1 aliphatic carbocycles. The normalized spacial score (nSPS) is 12.6. The number of pyridine rings is 1. The van der Waals surface area contributed by atoms with Crippen LogP contribution in [0.4, 0.5) is 5.69 Å². The van der Waals surface area contributed by atoms with E-state index in [0.29, 0.717) is 5.56 Å². The number of carbonyl (C=O) groups is 2. The predicted octanol–water partition coefficient (Wildman–Crippen LogP) is 3.54. The van der Waals surface area contributed by atoms with E-state index in [1.54, 1.807) is 7.05 Å². The number of likely N-dealkylation sites (N-methyl/N-ethyl adjacent to an activating group) is 1. The van der Waals surface area contributed by atoms with Gasteiger partial charge in [-0.1, -0.05) is 36.4 Å². The number of ether oxygens (including phenoxy) is 1. The lowest BCUT2D eigenvalue weighted by molar-refractivity contribution is -0.121. The van der Waals surface area contributed by atoms with Gasteiger partial charge in [0, 0.05) is 23.8 Å². The number of amides is 1. The number of esters is 1. The highest BCUT2D eigenvalue weighted by molar-refractivity contribution is 6.06. The lowest BCUT2D eigenvalue weighted by Gasteiger charge is -2.17. The number of hydrogen-bond donors (Lipinski definition) is 0. The fourth-order valence-electron chi connectivity index (χ4n) is 3.54. The van der Waals surface area contributed by atoms with Crippen LogP contribution in [-0.4, -0.2) is 30.5 Å². The standard InChI is InChI=1S/C22H20N2O3/c1-24(15-8-3-2-4-9-15)20(25)14-27-22(26)21-16-10-5-6-12-18(16)23-19-13-7-11-17(19)21/h2-6,8-10,12H,7,11,13-14H2,1H3. The second-order valence-electron chi connectivity index (χ2n) is 6.65. The number of hydrogen-bond acceptors (Lipinski definition) is 4. The number of anilines is 1. The van der Waals surface area contributed by atoms with Gasteiger partial charge in [-0.25, -0.2) is 4.79 Å². The van der Waals surface area contributed by atoms with E-state index in [9.17, 15) is 9.59 Å². The second kappa shape index (κ2) is 7.19. The Morgan fingerprint density at radius 1 is 1.04 bits per heavy atom. The highest BCUT2D eigenvalue weighted by atomic mass is 16.5. The minimum absolute atomic E-state index is 0.274. The zero-order valence-corrected chi connectivity index (χ0v) is 15.1. The summed E-state index contributed by atoms with van der Waals surface area (Å²) in [5.74, 6) is -0.730. The molecule has 5 nitrogen and oxygen atoms in total. The molecule has 27 heavy (non-hydrogen) atoms. The molecule has 0 saturated carbocycles. The molecular weight excluding hydrogens is 340 g/mol. The minimum Gasteiger partial charge on any atom is -0.452 e. The Bertz CT molecular complexity index is 1010. The molecule has 0 N–H and O–H groups in total. The van der Waals surface area contributed by atoms with Gasteiger partial charge in [-0.15, -0.1) is 0 Å². The average molecular weight is 360 g/mol. The van der Waals surface area contributed by atoms with E-state index in [1.165, 1.54) is 4.90 Å². The molecule has 4 rings (SSSR count). The maximum Gasteiger partial charge on any atom is 0.339 e. The number of para-hydroxylation sites is 2. The van der Waals surface area contributed by atoms with Crippen LogP contribution in [0.1, 0.15) is 28.0 Å². The SMILES string of the molecule is CN(C(=O)COC(=O)c1c2c(nc3ccccc13)CCC2)c1ccccc1. The van der Waals surface area contributed by atoms with Crippen molar-refractivity contribution in [2.75, 3.05) is 18.6 Å². The van der Waals surface area contributed by atoms with Gasteiger partial charge >= 0.3 is 5.97 Å². The summed E-state index contributed by atoms with van der Waals surface area (Å²) in [6.07, 6.45) is 2.67. The van der Waals surface area contributed by atoms with Crippen molar-refractivity contribution in [1.82, 2.24) is 4.98 Å². The van der Waals surface area contributed by atoms with Crippen molar-refractivity contribution in [2.45, 2.75) is 19.3 Å². The molecule has 136 valence electrons. The first-order valence-corrected chi connectivity index (χ1v) is 9.04. The Morgan fingerprint density at radius 2 is 1.78 bits per heavy atom. The van der Waals surface area contributed by atoms with Gasteiger partial charge < -0.3 is 9.64 Å². The molecule has 0 saturated heterocycles. The summed E-state index contributed by atoms with van der Waals surface area (Å²) in [7, 11) is 1.67. The largest absolute Gasteiger partial charge is 0.452 e. The first-order valence-electron chi connectivity index (χ1n) is 9.04. The molecule has 0 atom stereocenters. The zero-order chi connectivity index (χ0) is 18.8. The first kappa shape index (κ1) is 17.2. The lowest BCUT2D eigenvalue weighted by atomic mass is 10.0. The van der Waals surface area contributed by atoms with Crippen molar-refractivity contribution in [1.29, 1.82) is 0 Å². The van der Waals surface area contributed by atoms with E-state index in [4.69, 9.17) is 4.74 Å². The van der Waals surface area contributed by atoms with Crippen molar-refractivity contribution in [3.63, 3.8) is 0 Å². The van der Waals surface area contributed by atoms with Crippen molar-refractivity contribution in [3.8, 4) is 0 Å². The number of benzene rings is 2. The Kier molecular flexibility index (Phi) is 4.59. The van der Waals surface area contributed by atoms with E-state index < -0.39 is 5.97 Å². The van der Waals surface area contributed by atoms with Crippen LogP contribution in [0.15, 0.2) is 54.6 Å². The second-order valence-corrected chi connectivity index (χ2v) is 6.65. The average Bonchev–Trinajstić information content (AvgIpc) is 3.18. The third-order valence-corrected chi connectivity index (χ3v) is 4.97. The summed E-state index contributed by atoms with van der Waals surface area (Å²) in [6.45, 7) is -0.296. The van der Waals surface area contributed by atoms with E-state index in [-0.39, 0.29) is 12.5 Å². The van der Waals surface area contributed by atoms with Gasteiger partial charge in [0.05, 0.1) is 11.1 Å². The van der Waals surface area contributed by atoms with Crippen molar-refractivity contribution in [2.24, 2.45) is 0 Å². The van der Waals surface area contributed by atoms with E-state index in [2.05, 4.69) is 4.98 Å². The highest BCUT2D eigenvalue weighted by Crippen LogP contribution is 2.30. The number of aromatic nitrogens is 1. The van der Waals surface area contributed by atoms with Crippen LogP contribution < -0.4 is 4.90 Å². The van der Waals surface area contributed by atoms with Crippen molar-refractivity contribution >= 4 is 28.5 Å².